The van der Waals surface area contributed by atoms with Crippen molar-refractivity contribution in [2.75, 3.05) is 44.2 Å². The summed E-state index contributed by atoms with van der Waals surface area (Å²) in [6.07, 6.45) is -1.88. The molecule has 2 aliphatic heterocycles. The number of piperazine rings is 1. The van der Waals surface area contributed by atoms with Crippen molar-refractivity contribution in [3.8, 4) is 5.75 Å². The van der Waals surface area contributed by atoms with E-state index in [4.69, 9.17) is 25.2 Å². The van der Waals surface area contributed by atoms with Gasteiger partial charge in [0, 0.05) is 38.8 Å². The number of ether oxygens (including phenoxy) is 1. The van der Waals surface area contributed by atoms with Crippen LogP contribution >= 0.6 is 0 Å². The molecule has 6 atom stereocenters. The average Bonchev–Trinajstić information content (AvgIpc) is 3.60. The Kier molecular flexibility index (Phi) is 11.7. The molecule has 250 valence electrons. The summed E-state index contributed by atoms with van der Waals surface area (Å²) in [4.78, 5) is 50.6. The molecular weight excluding hydrogens is 600 g/mol. The van der Waals surface area contributed by atoms with E-state index in [0.29, 0.717) is 13.0 Å². The second-order valence-electron chi connectivity index (χ2n) is 12.0. The molecular formula is C30H41F2N3O10. The Labute approximate surface area is 259 Å². The SMILES string of the molecule is O=C(O)C(O)C(O)C(=O)O.O=C1C2CC(O)C(F)CC2C(=O)N1CCCN1CCN(c2cc(F)ccc2OC2CCCC2)CC1. The molecule has 2 saturated heterocycles. The van der Waals surface area contributed by atoms with Gasteiger partial charge < -0.3 is 35.2 Å². The van der Waals surface area contributed by atoms with Gasteiger partial charge in [-0.3, -0.25) is 19.4 Å². The summed E-state index contributed by atoms with van der Waals surface area (Å²) in [6.45, 7) is 4.13. The van der Waals surface area contributed by atoms with E-state index in [0.717, 1.165) is 57.0 Å². The summed E-state index contributed by atoms with van der Waals surface area (Å²) < 4.78 is 34.1. The van der Waals surface area contributed by atoms with Crippen molar-refractivity contribution in [1.82, 2.24) is 9.80 Å². The molecule has 0 radical (unpaired) electrons. The minimum atomic E-state index is -2.27. The number of hydrogen-bond acceptors (Lipinski definition) is 10. The Hall–Kier alpha value is -3.40. The van der Waals surface area contributed by atoms with E-state index in [-0.39, 0.29) is 36.6 Å². The Morgan fingerprint density at radius 1 is 0.911 bits per heavy atom. The number of rotatable bonds is 10. The van der Waals surface area contributed by atoms with Gasteiger partial charge in [-0.15, -0.1) is 0 Å². The van der Waals surface area contributed by atoms with Gasteiger partial charge in [0.1, 0.15) is 17.7 Å². The number of amides is 2. The zero-order valence-electron chi connectivity index (χ0n) is 24.8. The van der Waals surface area contributed by atoms with Crippen molar-refractivity contribution in [3.05, 3.63) is 24.0 Å². The summed E-state index contributed by atoms with van der Waals surface area (Å²) in [5.41, 5.74) is 0.806. The van der Waals surface area contributed by atoms with Gasteiger partial charge in [-0.2, -0.15) is 0 Å². The third kappa shape index (κ3) is 8.45. The highest BCUT2D eigenvalue weighted by Crippen LogP contribution is 2.39. The van der Waals surface area contributed by atoms with Crippen LogP contribution in [0.2, 0.25) is 0 Å². The Balaban J connectivity index is 0.000000399. The van der Waals surface area contributed by atoms with E-state index in [1.807, 2.05) is 0 Å². The number of nitrogens with zero attached hydrogens (tertiary/aromatic N) is 3. The number of likely N-dealkylation sites (tertiary alicyclic amines) is 1. The van der Waals surface area contributed by atoms with Crippen LogP contribution in [0.4, 0.5) is 14.5 Å². The van der Waals surface area contributed by atoms with Crippen LogP contribution in [-0.2, 0) is 19.2 Å². The van der Waals surface area contributed by atoms with Crippen LogP contribution in [-0.4, -0.2) is 129 Å². The number of carboxylic acid groups (broad SMARTS) is 2. The number of imide groups is 1. The quantitative estimate of drug-likeness (QED) is 0.225. The normalized spacial score (nSPS) is 27.0. The standard InChI is InChI=1S/C26H35F2N3O4.C4H6O6/c27-17-6-7-24(35-18-4-1-2-5-18)22(14-17)30-12-10-29(11-13-30)8-3-9-31-25(33)19-15-21(28)23(32)16-20(19)26(31)34;5-1(3(7)8)2(6)4(9)10/h6-7,14,18-21,23,32H,1-5,8-13,15-16H2;1-2,5-6H,(H,7,8)(H,9,10). The maximum atomic E-state index is 14.0. The van der Waals surface area contributed by atoms with Crippen LogP contribution in [0.3, 0.4) is 0 Å². The van der Waals surface area contributed by atoms with E-state index >= 15 is 0 Å². The summed E-state index contributed by atoms with van der Waals surface area (Å²) in [6, 6.07) is 4.75. The number of aliphatic carboxylic acids is 2. The molecule has 2 aliphatic carbocycles. The number of carbonyl (C=O) groups is 4. The van der Waals surface area contributed by atoms with Crippen LogP contribution in [0.15, 0.2) is 18.2 Å². The second-order valence-corrected chi connectivity index (χ2v) is 12.0. The predicted molar refractivity (Wildman–Crippen MR) is 154 cm³/mol. The van der Waals surface area contributed by atoms with Crippen molar-refractivity contribution < 1.29 is 58.2 Å². The summed E-state index contributed by atoms with van der Waals surface area (Å²) in [5.74, 6) is -4.83. The number of anilines is 1. The number of aliphatic hydroxyl groups excluding tert-OH is 3. The highest BCUT2D eigenvalue weighted by atomic mass is 19.1. The first-order valence-electron chi connectivity index (χ1n) is 15.3. The first-order valence-corrected chi connectivity index (χ1v) is 15.3. The summed E-state index contributed by atoms with van der Waals surface area (Å²) in [7, 11) is 0. The molecule has 45 heavy (non-hydrogen) atoms. The number of halogens is 2. The number of benzene rings is 1. The second kappa shape index (κ2) is 15.3. The predicted octanol–water partition coefficient (Wildman–Crippen LogP) is 0.631. The van der Waals surface area contributed by atoms with Gasteiger partial charge in [0.25, 0.3) is 0 Å². The minimum Gasteiger partial charge on any atom is -0.488 e. The number of alkyl halides is 1. The lowest BCUT2D eigenvalue weighted by atomic mass is 9.78. The Morgan fingerprint density at radius 3 is 2.07 bits per heavy atom. The molecule has 5 rings (SSSR count). The van der Waals surface area contributed by atoms with Gasteiger partial charge in [-0.1, -0.05) is 0 Å². The Morgan fingerprint density at radius 2 is 1.49 bits per heavy atom. The number of aliphatic hydroxyl groups is 3. The van der Waals surface area contributed by atoms with Crippen molar-refractivity contribution in [2.24, 2.45) is 11.8 Å². The van der Waals surface area contributed by atoms with Crippen LogP contribution in [0, 0.1) is 17.7 Å². The maximum Gasteiger partial charge on any atom is 0.335 e. The average molecular weight is 642 g/mol. The molecule has 6 unspecified atom stereocenters. The summed E-state index contributed by atoms with van der Waals surface area (Å²) >= 11 is 0. The maximum absolute atomic E-state index is 14.0. The highest BCUT2D eigenvalue weighted by molar-refractivity contribution is 6.05. The van der Waals surface area contributed by atoms with Crippen molar-refractivity contribution in [1.29, 1.82) is 0 Å². The third-order valence-electron chi connectivity index (χ3n) is 8.94. The molecule has 2 saturated carbocycles. The molecule has 1 aromatic rings. The monoisotopic (exact) mass is 641 g/mol. The van der Waals surface area contributed by atoms with E-state index in [1.54, 1.807) is 12.1 Å². The molecule has 13 nitrogen and oxygen atoms in total. The fraction of sp³-hybridized carbons (Fsp3) is 0.667. The largest absolute Gasteiger partial charge is 0.488 e. The molecule has 1 aromatic carbocycles. The Bertz CT molecular complexity index is 1180. The van der Waals surface area contributed by atoms with Gasteiger partial charge in [0.05, 0.1) is 29.7 Å². The van der Waals surface area contributed by atoms with Gasteiger partial charge >= 0.3 is 11.9 Å². The molecule has 0 bridgehead atoms. The van der Waals surface area contributed by atoms with E-state index in [9.17, 15) is 33.1 Å². The molecule has 15 heteroatoms. The van der Waals surface area contributed by atoms with Crippen molar-refractivity contribution in [2.45, 2.75) is 75.5 Å². The lowest BCUT2D eigenvalue weighted by Crippen LogP contribution is -2.47. The topological polar surface area (TPSA) is 188 Å². The van der Waals surface area contributed by atoms with Crippen LogP contribution in [0.1, 0.15) is 44.9 Å². The smallest absolute Gasteiger partial charge is 0.335 e. The molecule has 0 spiro atoms. The first-order chi connectivity index (χ1) is 21.4. The lowest BCUT2D eigenvalue weighted by Gasteiger charge is -2.37. The highest BCUT2D eigenvalue weighted by Gasteiger charge is 2.52. The molecule has 4 fully saturated rings. The fourth-order valence-corrected chi connectivity index (χ4v) is 6.37. The zero-order valence-corrected chi connectivity index (χ0v) is 24.8. The molecule has 2 heterocycles. The fourth-order valence-electron chi connectivity index (χ4n) is 6.37. The summed E-state index contributed by atoms with van der Waals surface area (Å²) in [5, 5.41) is 42.3. The van der Waals surface area contributed by atoms with Gasteiger partial charge in [0.2, 0.25) is 11.8 Å². The number of carboxylic acids is 2. The van der Waals surface area contributed by atoms with E-state index in [1.165, 1.54) is 23.8 Å². The third-order valence-corrected chi connectivity index (χ3v) is 8.94. The number of hydrogen-bond donors (Lipinski definition) is 5. The zero-order chi connectivity index (χ0) is 32.8. The van der Waals surface area contributed by atoms with Crippen LogP contribution in [0.5, 0.6) is 5.75 Å². The minimum absolute atomic E-state index is 0.0292. The lowest BCUT2D eigenvalue weighted by molar-refractivity contribution is -0.165. The van der Waals surface area contributed by atoms with Gasteiger partial charge in [-0.05, 0) is 63.6 Å². The van der Waals surface area contributed by atoms with Crippen LogP contribution in [0.25, 0.3) is 0 Å². The number of carbonyl (C=O) groups excluding carboxylic acids is 2. The molecule has 4 aliphatic rings. The van der Waals surface area contributed by atoms with E-state index in [2.05, 4.69) is 9.80 Å². The molecule has 5 N–H and O–H groups in total. The van der Waals surface area contributed by atoms with Crippen LogP contribution < -0.4 is 9.64 Å². The van der Waals surface area contributed by atoms with Crippen molar-refractivity contribution in [3.63, 3.8) is 0 Å². The molecule has 2 amide bonds. The van der Waals surface area contributed by atoms with Crippen molar-refractivity contribution >= 4 is 29.4 Å². The van der Waals surface area contributed by atoms with Gasteiger partial charge in [-0.25, -0.2) is 18.4 Å². The number of fused-ring (bicyclic) bond motifs is 1. The van der Waals surface area contributed by atoms with E-state index < -0.39 is 48.3 Å². The van der Waals surface area contributed by atoms with Gasteiger partial charge in [0.15, 0.2) is 12.2 Å². The first kappa shape index (κ1) is 34.5. The molecule has 0 aromatic heterocycles.